The van der Waals surface area contributed by atoms with Crippen LogP contribution in [0.15, 0.2) is 47.0 Å². The number of hydrogen-bond donors (Lipinski definition) is 2. The van der Waals surface area contributed by atoms with Gasteiger partial charge in [-0.3, -0.25) is 0 Å². The van der Waals surface area contributed by atoms with Crippen LogP contribution in [0.2, 0.25) is 0 Å². The molecule has 76 valence electrons. The topological polar surface area (TPSA) is 52.0 Å². The van der Waals surface area contributed by atoms with E-state index in [0.717, 1.165) is 11.4 Å². The minimum atomic E-state index is 0.451. The lowest BCUT2D eigenvalue weighted by atomic mass is 9.92. The Bertz CT molecular complexity index is 477. The van der Waals surface area contributed by atoms with Crippen LogP contribution >= 0.6 is 11.8 Å². The van der Waals surface area contributed by atoms with Crippen LogP contribution in [0.4, 0.5) is 5.69 Å². The number of nitrogen functional groups attached to an aromatic ring is 1. The van der Waals surface area contributed by atoms with Crippen molar-refractivity contribution in [3.05, 3.63) is 47.7 Å². The summed E-state index contributed by atoms with van der Waals surface area (Å²) in [6, 6.07) is 6.15. The molecule has 3 rings (SSSR count). The number of nitrogens with two attached hydrogens (primary N) is 2. The third-order valence-corrected chi connectivity index (χ3v) is 4.18. The number of anilines is 1. The van der Waals surface area contributed by atoms with Crippen LogP contribution in [0.3, 0.4) is 0 Å². The van der Waals surface area contributed by atoms with Crippen molar-refractivity contribution in [2.24, 2.45) is 5.73 Å². The molecule has 0 saturated carbocycles. The van der Waals surface area contributed by atoms with E-state index in [-0.39, 0.29) is 0 Å². The fraction of sp³-hybridized carbons (Fsp3) is 0.167. The molecule has 1 aromatic carbocycles. The molecule has 2 unspecified atom stereocenters. The molecule has 2 nitrogen and oxygen atoms in total. The summed E-state index contributed by atoms with van der Waals surface area (Å²) >= 11 is 1.85. The van der Waals surface area contributed by atoms with Crippen LogP contribution in [0, 0.1) is 0 Å². The Morgan fingerprint density at radius 1 is 1.20 bits per heavy atom. The monoisotopic (exact) mass is 216 g/mol. The standard InChI is InChI=1S/C12H12N2S/c13-7-1-3-9-10-4-2-8(14)6-12(10)15-11(9)5-7/h1-6,9,11H,13-14H2. The molecule has 4 N–H and O–H groups in total. The van der Waals surface area contributed by atoms with E-state index < -0.39 is 0 Å². The number of benzene rings is 1. The molecule has 0 amide bonds. The average molecular weight is 216 g/mol. The van der Waals surface area contributed by atoms with E-state index in [2.05, 4.69) is 24.3 Å². The largest absolute Gasteiger partial charge is 0.399 e. The van der Waals surface area contributed by atoms with E-state index in [0.29, 0.717) is 11.2 Å². The molecular formula is C12H12N2S. The Morgan fingerprint density at radius 2 is 2.07 bits per heavy atom. The number of fused-ring (bicyclic) bond motifs is 3. The molecule has 0 bridgehead atoms. The van der Waals surface area contributed by atoms with Crippen LogP contribution in [0.1, 0.15) is 11.5 Å². The smallest absolute Gasteiger partial charge is 0.0401 e. The minimum Gasteiger partial charge on any atom is -0.399 e. The quantitative estimate of drug-likeness (QED) is 0.654. The summed E-state index contributed by atoms with van der Waals surface area (Å²) < 4.78 is 0. The number of allylic oxidation sites excluding steroid dienone is 2. The first-order valence-electron chi connectivity index (χ1n) is 4.95. The molecule has 0 radical (unpaired) electrons. The normalized spacial score (nSPS) is 27.1. The van der Waals surface area contributed by atoms with E-state index >= 15 is 0 Å². The Balaban J connectivity index is 2.07. The number of thioether (sulfide) groups is 1. The van der Waals surface area contributed by atoms with Gasteiger partial charge in [0.15, 0.2) is 0 Å². The van der Waals surface area contributed by atoms with Gasteiger partial charge in [0.2, 0.25) is 0 Å². The fourth-order valence-corrected chi connectivity index (χ4v) is 3.58. The highest BCUT2D eigenvalue weighted by Crippen LogP contribution is 2.48. The van der Waals surface area contributed by atoms with Crippen molar-refractivity contribution in [3.63, 3.8) is 0 Å². The van der Waals surface area contributed by atoms with Crippen LogP contribution in [0.5, 0.6) is 0 Å². The summed E-state index contributed by atoms with van der Waals surface area (Å²) in [7, 11) is 0. The van der Waals surface area contributed by atoms with Crippen molar-refractivity contribution in [1.82, 2.24) is 0 Å². The van der Waals surface area contributed by atoms with Gasteiger partial charge >= 0.3 is 0 Å². The molecule has 1 aromatic rings. The Kier molecular flexibility index (Phi) is 1.83. The van der Waals surface area contributed by atoms with E-state index in [1.165, 1.54) is 10.5 Å². The van der Waals surface area contributed by atoms with Crippen molar-refractivity contribution < 1.29 is 0 Å². The first kappa shape index (κ1) is 8.92. The van der Waals surface area contributed by atoms with Gasteiger partial charge in [-0.1, -0.05) is 12.1 Å². The molecule has 0 aromatic heterocycles. The van der Waals surface area contributed by atoms with Crippen molar-refractivity contribution in [2.45, 2.75) is 16.1 Å². The highest BCUT2D eigenvalue weighted by molar-refractivity contribution is 8.00. The second kappa shape index (κ2) is 3.07. The molecule has 3 heteroatoms. The first-order chi connectivity index (χ1) is 7.24. The zero-order valence-electron chi connectivity index (χ0n) is 8.18. The van der Waals surface area contributed by atoms with Gasteiger partial charge in [-0.05, 0) is 29.8 Å². The lowest BCUT2D eigenvalue weighted by molar-refractivity contribution is 0.870. The van der Waals surface area contributed by atoms with E-state index in [1.807, 2.05) is 23.9 Å². The maximum Gasteiger partial charge on any atom is 0.0401 e. The van der Waals surface area contributed by atoms with E-state index in [1.54, 1.807) is 0 Å². The Hall–Kier alpha value is -1.35. The Morgan fingerprint density at radius 3 is 2.93 bits per heavy atom. The fourth-order valence-electron chi connectivity index (χ4n) is 2.14. The Labute approximate surface area is 93.0 Å². The van der Waals surface area contributed by atoms with Gasteiger partial charge in [0, 0.05) is 27.4 Å². The summed E-state index contributed by atoms with van der Waals surface area (Å²) in [5.74, 6) is 0.470. The van der Waals surface area contributed by atoms with E-state index in [4.69, 9.17) is 11.5 Å². The van der Waals surface area contributed by atoms with Crippen LogP contribution in [-0.4, -0.2) is 5.25 Å². The molecule has 0 spiro atoms. The van der Waals surface area contributed by atoms with E-state index in [9.17, 15) is 0 Å². The van der Waals surface area contributed by atoms with Gasteiger partial charge in [-0.25, -0.2) is 0 Å². The molecule has 2 aliphatic rings. The minimum absolute atomic E-state index is 0.451. The highest BCUT2D eigenvalue weighted by Gasteiger charge is 2.31. The van der Waals surface area contributed by atoms with Gasteiger partial charge < -0.3 is 11.5 Å². The van der Waals surface area contributed by atoms with Gasteiger partial charge in [0.25, 0.3) is 0 Å². The first-order valence-corrected chi connectivity index (χ1v) is 5.83. The van der Waals surface area contributed by atoms with Gasteiger partial charge in [0.1, 0.15) is 0 Å². The predicted octanol–water partition coefficient (Wildman–Crippen LogP) is 2.24. The van der Waals surface area contributed by atoms with Crippen LogP contribution in [0.25, 0.3) is 0 Å². The molecule has 15 heavy (non-hydrogen) atoms. The zero-order valence-corrected chi connectivity index (χ0v) is 9.00. The molecule has 2 atom stereocenters. The second-order valence-electron chi connectivity index (χ2n) is 3.93. The number of hydrogen-bond acceptors (Lipinski definition) is 3. The molecule has 1 aliphatic heterocycles. The van der Waals surface area contributed by atoms with Gasteiger partial charge in [-0.15, -0.1) is 11.8 Å². The summed E-state index contributed by atoms with van der Waals surface area (Å²) in [5.41, 5.74) is 14.6. The molecular weight excluding hydrogens is 204 g/mol. The maximum atomic E-state index is 5.79. The molecule has 1 aliphatic carbocycles. The zero-order chi connectivity index (χ0) is 10.4. The van der Waals surface area contributed by atoms with Gasteiger partial charge in [0.05, 0.1) is 0 Å². The third kappa shape index (κ3) is 1.35. The summed E-state index contributed by atoms with van der Waals surface area (Å²) in [5, 5.41) is 0.451. The van der Waals surface area contributed by atoms with Crippen molar-refractivity contribution in [3.8, 4) is 0 Å². The maximum absolute atomic E-state index is 5.79. The van der Waals surface area contributed by atoms with Crippen molar-refractivity contribution in [1.29, 1.82) is 0 Å². The van der Waals surface area contributed by atoms with Crippen molar-refractivity contribution >= 4 is 17.4 Å². The summed E-state index contributed by atoms with van der Waals surface area (Å²) in [4.78, 5) is 1.29. The second-order valence-corrected chi connectivity index (χ2v) is 5.15. The molecule has 0 fully saturated rings. The lowest BCUT2D eigenvalue weighted by Crippen LogP contribution is -2.12. The highest BCUT2D eigenvalue weighted by atomic mass is 32.2. The van der Waals surface area contributed by atoms with Crippen LogP contribution < -0.4 is 11.5 Å². The predicted molar refractivity (Wildman–Crippen MR) is 64.7 cm³/mol. The molecule has 1 heterocycles. The van der Waals surface area contributed by atoms with Crippen molar-refractivity contribution in [2.75, 3.05) is 5.73 Å². The molecule has 0 saturated heterocycles. The summed E-state index contributed by atoms with van der Waals surface area (Å²) in [6.45, 7) is 0. The average Bonchev–Trinajstić information content (AvgIpc) is 2.53. The lowest BCUT2D eigenvalue weighted by Gasteiger charge is -2.16. The third-order valence-electron chi connectivity index (χ3n) is 2.87. The van der Waals surface area contributed by atoms with Gasteiger partial charge in [-0.2, -0.15) is 0 Å². The SMILES string of the molecule is NC1=CC2Sc3cc(N)ccc3C2C=C1. The number of rotatable bonds is 0. The summed E-state index contributed by atoms with van der Waals surface area (Å²) in [6.07, 6.45) is 6.31. The van der Waals surface area contributed by atoms with Crippen LogP contribution in [-0.2, 0) is 0 Å².